The summed E-state index contributed by atoms with van der Waals surface area (Å²) in [5.74, 6) is 2.36. The fourth-order valence-electron chi connectivity index (χ4n) is 4.35. The van der Waals surface area contributed by atoms with E-state index in [2.05, 4.69) is 13.8 Å². The highest BCUT2D eigenvalue weighted by atomic mass is 16.5. The monoisotopic (exact) mass is 336 g/mol. The maximum absolute atomic E-state index is 12.9. The van der Waals surface area contributed by atoms with Gasteiger partial charge in [0.15, 0.2) is 5.78 Å². The van der Waals surface area contributed by atoms with Crippen LogP contribution in [0.1, 0.15) is 53.8 Å². The van der Waals surface area contributed by atoms with Gasteiger partial charge in [-0.05, 0) is 5.56 Å². The molecular formula is C21H20O4. The fourth-order valence-corrected chi connectivity index (χ4v) is 4.35. The van der Waals surface area contributed by atoms with Crippen LogP contribution < -0.4 is 14.2 Å². The number of benzene rings is 2. The molecular weight excluding hydrogens is 316 g/mol. The molecule has 0 saturated heterocycles. The molecule has 3 aliphatic rings. The van der Waals surface area contributed by atoms with E-state index in [9.17, 15) is 4.79 Å². The lowest BCUT2D eigenvalue weighted by Gasteiger charge is -2.29. The van der Waals surface area contributed by atoms with Crippen molar-refractivity contribution in [2.24, 2.45) is 5.41 Å². The smallest absolute Gasteiger partial charge is 0.174 e. The van der Waals surface area contributed by atoms with E-state index in [4.69, 9.17) is 14.2 Å². The quantitative estimate of drug-likeness (QED) is 0.821. The van der Waals surface area contributed by atoms with Crippen LogP contribution in [0.5, 0.6) is 17.2 Å². The van der Waals surface area contributed by atoms with Crippen molar-refractivity contribution in [2.75, 3.05) is 7.11 Å². The van der Waals surface area contributed by atoms with Gasteiger partial charge in [-0.15, -0.1) is 0 Å². The first kappa shape index (κ1) is 14.8. The molecule has 1 fully saturated rings. The van der Waals surface area contributed by atoms with Crippen molar-refractivity contribution >= 4 is 5.78 Å². The number of rotatable bonds is 2. The van der Waals surface area contributed by atoms with Gasteiger partial charge in [-0.25, -0.2) is 0 Å². The molecule has 128 valence electrons. The average Bonchev–Trinajstić information content (AvgIpc) is 2.96. The number of Topliss-reactive ketones (excluding diaryl/α,β-unsaturated/α-hetero) is 1. The molecule has 0 radical (unpaired) electrons. The highest BCUT2D eigenvalue weighted by Crippen LogP contribution is 2.70. The van der Waals surface area contributed by atoms with Gasteiger partial charge < -0.3 is 14.2 Å². The lowest BCUT2D eigenvalue weighted by molar-refractivity contribution is 0.0841. The van der Waals surface area contributed by atoms with E-state index in [1.165, 1.54) is 0 Å². The van der Waals surface area contributed by atoms with Gasteiger partial charge in [0, 0.05) is 23.0 Å². The minimum atomic E-state index is -0.265. The van der Waals surface area contributed by atoms with E-state index in [1.54, 1.807) is 7.11 Å². The van der Waals surface area contributed by atoms with Crippen LogP contribution >= 0.6 is 0 Å². The van der Waals surface area contributed by atoms with E-state index in [0.29, 0.717) is 23.5 Å². The molecule has 0 bridgehead atoms. The highest BCUT2D eigenvalue weighted by molar-refractivity contribution is 6.03. The zero-order valence-corrected chi connectivity index (χ0v) is 14.5. The predicted molar refractivity (Wildman–Crippen MR) is 92.7 cm³/mol. The second-order valence-electron chi connectivity index (χ2n) is 7.68. The van der Waals surface area contributed by atoms with Gasteiger partial charge in [-0.3, -0.25) is 4.79 Å². The lowest BCUT2D eigenvalue weighted by Crippen LogP contribution is -2.22. The minimum absolute atomic E-state index is 0.0664. The van der Waals surface area contributed by atoms with Gasteiger partial charge in [0.25, 0.3) is 0 Å². The van der Waals surface area contributed by atoms with Crippen molar-refractivity contribution in [3.8, 4) is 17.2 Å². The molecule has 2 aromatic rings. The van der Waals surface area contributed by atoms with Gasteiger partial charge in [-0.2, -0.15) is 0 Å². The Balaban J connectivity index is 1.66. The van der Waals surface area contributed by atoms with Crippen LogP contribution in [0.25, 0.3) is 0 Å². The van der Waals surface area contributed by atoms with Crippen molar-refractivity contribution in [1.82, 2.24) is 0 Å². The molecule has 0 spiro atoms. The summed E-state index contributed by atoms with van der Waals surface area (Å²) in [7, 11) is 1.58. The summed E-state index contributed by atoms with van der Waals surface area (Å²) in [5.41, 5.74) is 2.71. The number of ketones is 1. The molecule has 5 rings (SSSR count). The molecule has 2 aliphatic heterocycles. The first-order chi connectivity index (χ1) is 12.0. The molecule has 0 unspecified atom stereocenters. The van der Waals surface area contributed by atoms with Crippen molar-refractivity contribution < 1.29 is 19.0 Å². The second-order valence-corrected chi connectivity index (χ2v) is 7.68. The molecule has 0 amide bonds. The number of methoxy groups -OCH3 is 1. The summed E-state index contributed by atoms with van der Waals surface area (Å²) in [5, 5.41) is 0. The third-order valence-electron chi connectivity index (χ3n) is 5.84. The number of fused-ring (bicyclic) bond motifs is 5. The van der Waals surface area contributed by atoms with Crippen LogP contribution in [0.3, 0.4) is 0 Å². The van der Waals surface area contributed by atoms with Gasteiger partial charge in [0.05, 0.1) is 13.5 Å². The summed E-state index contributed by atoms with van der Waals surface area (Å²) in [4.78, 5) is 12.9. The molecule has 1 aliphatic carbocycles. The Bertz CT molecular complexity index is 885. The number of carbonyl (C=O) groups is 1. The molecule has 2 aromatic carbocycles. The van der Waals surface area contributed by atoms with Crippen LogP contribution in [-0.4, -0.2) is 19.0 Å². The summed E-state index contributed by atoms with van der Waals surface area (Å²) in [6.07, 6.45) is 0.220. The topological polar surface area (TPSA) is 44.8 Å². The first-order valence-electron chi connectivity index (χ1n) is 8.68. The molecule has 2 heterocycles. The van der Waals surface area contributed by atoms with Gasteiger partial charge in [-0.1, -0.05) is 44.2 Å². The summed E-state index contributed by atoms with van der Waals surface area (Å²) >= 11 is 0. The van der Waals surface area contributed by atoms with E-state index in [1.807, 2.05) is 36.4 Å². The number of hydrogen-bond donors (Lipinski definition) is 0. The molecule has 4 heteroatoms. The maximum Gasteiger partial charge on any atom is 0.174 e. The number of carbonyl (C=O) groups excluding carboxylic acids is 1. The summed E-state index contributed by atoms with van der Waals surface area (Å²) < 4.78 is 18.0. The third kappa shape index (κ3) is 1.91. The minimum Gasteiger partial charge on any atom is -0.496 e. The first-order valence-corrected chi connectivity index (χ1v) is 8.68. The normalized spacial score (nSPS) is 27.5. The molecule has 4 nitrogen and oxygen atoms in total. The Labute approximate surface area is 146 Å². The van der Waals surface area contributed by atoms with E-state index in [0.717, 1.165) is 16.9 Å². The number of hydrogen-bond acceptors (Lipinski definition) is 4. The van der Waals surface area contributed by atoms with E-state index < -0.39 is 0 Å². The molecule has 3 atom stereocenters. The third-order valence-corrected chi connectivity index (χ3v) is 5.84. The lowest BCUT2D eigenvalue weighted by atomic mass is 9.91. The Hall–Kier alpha value is -2.49. The van der Waals surface area contributed by atoms with Crippen molar-refractivity contribution in [1.29, 1.82) is 0 Å². The summed E-state index contributed by atoms with van der Waals surface area (Å²) in [6.45, 7) is 4.39. The number of ether oxygens (including phenoxy) is 3. The van der Waals surface area contributed by atoms with Crippen LogP contribution in [0.4, 0.5) is 0 Å². The van der Waals surface area contributed by atoms with Crippen LogP contribution in [0.15, 0.2) is 36.4 Å². The Kier molecular flexibility index (Phi) is 2.83. The van der Waals surface area contributed by atoms with Crippen molar-refractivity contribution in [2.45, 2.75) is 38.4 Å². The fraction of sp³-hybridized carbons (Fsp3) is 0.381. The second kappa shape index (κ2) is 4.78. The van der Waals surface area contributed by atoms with Gasteiger partial charge >= 0.3 is 0 Å². The Morgan fingerprint density at radius 2 is 1.92 bits per heavy atom. The van der Waals surface area contributed by atoms with Crippen LogP contribution in [-0.2, 0) is 0 Å². The standard InChI is InChI=1S/C21H20O4/c1-21(2)18-17-15(25-20(18)21)10-14(23-3)16-12(22)9-13(24-19(16)17)11-7-5-4-6-8-11/h4-8,10,13,18,20H,9H2,1-3H3/t13-,18-,20+/m1/s1. The largest absolute Gasteiger partial charge is 0.496 e. The summed E-state index contributed by atoms with van der Waals surface area (Å²) in [6, 6.07) is 11.8. The van der Waals surface area contributed by atoms with Crippen molar-refractivity contribution in [3.63, 3.8) is 0 Å². The van der Waals surface area contributed by atoms with Crippen molar-refractivity contribution in [3.05, 3.63) is 53.1 Å². The van der Waals surface area contributed by atoms with Crippen LogP contribution in [0.2, 0.25) is 0 Å². The zero-order chi connectivity index (χ0) is 17.3. The molecule has 25 heavy (non-hydrogen) atoms. The SMILES string of the molecule is COc1cc2c(c3c1C(=O)C[C@H](c1ccccc1)O3)[C@@H]1[C@H](O2)C1(C)C. The van der Waals surface area contributed by atoms with E-state index in [-0.39, 0.29) is 29.3 Å². The van der Waals surface area contributed by atoms with Gasteiger partial charge in [0.1, 0.15) is 35.0 Å². The molecule has 0 N–H and O–H groups in total. The average molecular weight is 336 g/mol. The maximum atomic E-state index is 12.9. The zero-order valence-electron chi connectivity index (χ0n) is 14.5. The predicted octanol–water partition coefficient (Wildman–Crippen LogP) is 4.29. The van der Waals surface area contributed by atoms with E-state index >= 15 is 0 Å². The molecule has 1 saturated carbocycles. The Morgan fingerprint density at radius 1 is 1.16 bits per heavy atom. The highest BCUT2D eigenvalue weighted by Gasteiger charge is 2.67. The Morgan fingerprint density at radius 3 is 2.64 bits per heavy atom. The molecule has 0 aromatic heterocycles. The van der Waals surface area contributed by atoms with Crippen LogP contribution in [0, 0.1) is 5.41 Å². The van der Waals surface area contributed by atoms with Gasteiger partial charge in [0.2, 0.25) is 0 Å².